The number of hydrogen-bond acceptors (Lipinski definition) is 0. The molecule has 0 spiro atoms. The first-order valence-corrected chi connectivity index (χ1v) is 19.0. The van der Waals surface area contributed by atoms with Gasteiger partial charge in [0.2, 0.25) is 0 Å². The molecule has 0 saturated heterocycles. The minimum Gasteiger partial charge on any atom is -0.309 e. The van der Waals surface area contributed by atoms with Crippen LogP contribution < -0.4 is 0 Å². The topological polar surface area (TPSA) is 4.93 Å². The smallest absolute Gasteiger partial charge is 0.0713 e. The lowest BCUT2D eigenvalue weighted by molar-refractivity contribution is 0.769. The molecule has 1 aromatic heterocycles. The first kappa shape index (κ1) is 30.4. The predicted molar refractivity (Wildman–Crippen MR) is 226 cm³/mol. The number of nitrogens with zero attached hydrogens (tertiary/aromatic N) is 1. The molecule has 0 bridgehead atoms. The molecule has 2 heteroatoms. The van der Waals surface area contributed by atoms with Gasteiger partial charge in [0, 0.05) is 26.3 Å². The Balaban J connectivity index is 1.28. The zero-order chi connectivity index (χ0) is 35.1. The standard InChI is InChI=1S/C51H32BrN/c52-39-19-11-14-35(30-39)36-23-26-43-44-27-22-34-13-8-10-21-42(34)50(44)53(48(43)31-36)40-25-29-46-45(32-40)49-41-20-9-7-12-33(41)24-28-47(49)51(46,37-15-3-1-4-16-37)38-17-5-2-6-18-38/h1-32H. The highest BCUT2D eigenvalue weighted by Crippen LogP contribution is 2.58. The van der Waals surface area contributed by atoms with Gasteiger partial charge in [0.15, 0.2) is 0 Å². The van der Waals surface area contributed by atoms with Crippen LogP contribution in [0.5, 0.6) is 0 Å². The van der Waals surface area contributed by atoms with Crippen molar-refractivity contribution in [2.45, 2.75) is 5.41 Å². The monoisotopic (exact) mass is 737 g/mol. The Morgan fingerprint density at radius 2 is 1.04 bits per heavy atom. The highest BCUT2D eigenvalue weighted by Gasteiger charge is 2.46. The summed E-state index contributed by atoms with van der Waals surface area (Å²) in [6.45, 7) is 0. The normalized spacial score (nSPS) is 13.2. The molecular weight excluding hydrogens is 706 g/mol. The van der Waals surface area contributed by atoms with E-state index in [1.807, 2.05) is 0 Å². The van der Waals surface area contributed by atoms with E-state index >= 15 is 0 Å². The Bertz CT molecular complexity index is 3020. The van der Waals surface area contributed by atoms with Crippen LogP contribution in [0.25, 0.3) is 71.3 Å². The summed E-state index contributed by atoms with van der Waals surface area (Å²) in [5.41, 5.74) is 13.3. The van der Waals surface area contributed by atoms with Crippen LogP contribution in [-0.2, 0) is 5.41 Å². The summed E-state index contributed by atoms with van der Waals surface area (Å²) in [7, 11) is 0. The third kappa shape index (κ3) is 4.37. The molecule has 1 heterocycles. The van der Waals surface area contributed by atoms with Crippen LogP contribution in [0.2, 0.25) is 0 Å². The highest BCUT2D eigenvalue weighted by atomic mass is 79.9. The number of halogens is 1. The van der Waals surface area contributed by atoms with Gasteiger partial charge in [-0.2, -0.15) is 0 Å². The second kappa shape index (κ2) is 11.6. The van der Waals surface area contributed by atoms with E-state index in [9.17, 15) is 0 Å². The molecule has 53 heavy (non-hydrogen) atoms. The van der Waals surface area contributed by atoms with E-state index in [4.69, 9.17) is 0 Å². The molecule has 11 rings (SSSR count). The average molecular weight is 739 g/mol. The largest absolute Gasteiger partial charge is 0.309 e. The van der Waals surface area contributed by atoms with Gasteiger partial charge in [-0.15, -0.1) is 0 Å². The summed E-state index contributed by atoms with van der Waals surface area (Å²) in [6.07, 6.45) is 0. The molecule has 0 aliphatic heterocycles. The minimum atomic E-state index is -0.475. The molecule has 248 valence electrons. The Labute approximate surface area is 316 Å². The number of aromatic nitrogens is 1. The maximum absolute atomic E-state index is 3.71. The van der Waals surface area contributed by atoms with Gasteiger partial charge < -0.3 is 4.57 Å². The van der Waals surface area contributed by atoms with Gasteiger partial charge in [-0.25, -0.2) is 0 Å². The molecule has 10 aromatic rings. The zero-order valence-corrected chi connectivity index (χ0v) is 30.4. The van der Waals surface area contributed by atoms with Crippen LogP contribution in [0.4, 0.5) is 0 Å². The molecule has 0 radical (unpaired) electrons. The van der Waals surface area contributed by atoms with Crippen molar-refractivity contribution < 1.29 is 0 Å². The van der Waals surface area contributed by atoms with Crippen molar-refractivity contribution in [3.63, 3.8) is 0 Å². The van der Waals surface area contributed by atoms with Gasteiger partial charge >= 0.3 is 0 Å². The van der Waals surface area contributed by atoms with E-state index in [0.29, 0.717) is 0 Å². The van der Waals surface area contributed by atoms with Gasteiger partial charge in [0.05, 0.1) is 16.4 Å². The predicted octanol–water partition coefficient (Wildman–Crippen LogP) is 13.9. The molecule has 1 aliphatic carbocycles. The summed E-state index contributed by atoms with van der Waals surface area (Å²) < 4.78 is 3.59. The number of benzene rings is 9. The number of hydrogen-bond donors (Lipinski definition) is 0. The van der Waals surface area contributed by atoms with Crippen molar-refractivity contribution in [2.24, 2.45) is 0 Å². The lowest BCUT2D eigenvalue weighted by Gasteiger charge is -2.34. The molecule has 0 saturated carbocycles. The number of rotatable bonds is 4. The second-order valence-corrected chi connectivity index (χ2v) is 15.1. The van der Waals surface area contributed by atoms with Gasteiger partial charge in [0.25, 0.3) is 0 Å². The fraction of sp³-hybridized carbons (Fsp3) is 0.0196. The zero-order valence-electron chi connectivity index (χ0n) is 28.8. The van der Waals surface area contributed by atoms with Crippen molar-refractivity contribution >= 4 is 59.3 Å². The van der Waals surface area contributed by atoms with E-state index in [1.165, 1.54) is 87.9 Å². The summed E-state index contributed by atoms with van der Waals surface area (Å²) in [4.78, 5) is 0. The lowest BCUT2D eigenvalue weighted by atomic mass is 9.67. The third-order valence-corrected chi connectivity index (χ3v) is 12.0. The summed E-state index contributed by atoms with van der Waals surface area (Å²) >= 11 is 3.71. The molecule has 0 N–H and O–H groups in total. The molecule has 0 fully saturated rings. The first-order chi connectivity index (χ1) is 26.2. The minimum absolute atomic E-state index is 0.475. The summed E-state index contributed by atoms with van der Waals surface area (Å²) in [6, 6.07) is 71.9. The fourth-order valence-electron chi connectivity index (χ4n) is 9.28. The Morgan fingerprint density at radius 3 is 1.79 bits per heavy atom. The van der Waals surface area contributed by atoms with E-state index in [-0.39, 0.29) is 0 Å². The van der Waals surface area contributed by atoms with Gasteiger partial charge in [-0.3, -0.25) is 0 Å². The Kier molecular flexibility index (Phi) is 6.68. The Hall–Kier alpha value is -6.22. The molecule has 1 aliphatic rings. The van der Waals surface area contributed by atoms with Crippen molar-refractivity contribution in [1.82, 2.24) is 4.57 Å². The van der Waals surface area contributed by atoms with Crippen LogP contribution >= 0.6 is 15.9 Å². The highest BCUT2D eigenvalue weighted by molar-refractivity contribution is 9.10. The summed E-state index contributed by atoms with van der Waals surface area (Å²) in [5.74, 6) is 0. The van der Waals surface area contributed by atoms with Crippen LogP contribution in [-0.4, -0.2) is 4.57 Å². The maximum Gasteiger partial charge on any atom is 0.0713 e. The van der Waals surface area contributed by atoms with Crippen LogP contribution in [0.15, 0.2) is 199 Å². The first-order valence-electron chi connectivity index (χ1n) is 18.2. The number of fused-ring (bicyclic) bond motifs is 10. The van der Waals surface area contributed by atoms with Crippen LogP contribution in [0.3, 0.4) is 0 Å². The van der Waals surface area contributed by atoms with Crippen LogP contribution in [0.1, 0.15) is 22.3 Å². The fourth-order valence-corrected chi connectivity index (χ4v) is 9.68. The van der Waals surface area contributed by atoms with E-state index in [0.717, 1.165) is 10.2 Å². The summed E-state index contributed by atoms with van der Waals surface area (Å²) in [5, 5.41) is 7.52. The van der Waals surface area contributed by atoms with Gasteiger partial charge in [0.1, 0.15) is 0 Å². The van der Waals surface area contributed by atoms with Crippen molar-refractivity contribution in [1.29, 1.82) is 0 Å². The van der Waals surface area contributed by atoms with Gasteiger partial charge in [-0.05, 0) is 91.0 Å². The SMILES string of the molecule is Brc1cccc(-c2ccc3c4ccc5ccccc5c4n(-c4ccc5c(c4)-c4c(ccc6ccccc46)C5(c4ccccc4)c4ccccc4)c3c2)c1. The Morgan fingerprint density at radius 1 is 0.415 bits per heavy atom. The van der Waals surface area contributed by atoms with Crippen molar-refractivity contribution in [2.75, 3.05) is 0 Å². The van der Waals surface area contributed by atoms with Gasteiger partial charge in [-0.1, -0.05) is 180 Å². The molecular formula is C51H32BrN. The molecule has 9 aromatic carbocycles. The molecule has 1 nitrogen and oxygen atoms in total. The molecule has 0 atom stereocenters. The quantitative estimate of drug-likeness (QED) is 0.169. The lowest BCUT2D eigenvalue weighted by Crippen LogP contribution is -2.28. The second-order valence-electron chi connectivity index (χ2n) is 14.2. The van der Waals surface area contributed by atoms with Crippen molar-refractivity contribution in [3.8, 4) is 27.9 Å². The van der Waals surface area contributed by atoms with Crippen LogP contribution in [0, 0.1) is 0 Å². The maximum atomic E-state index is 3.71. The van der Waals surface area contributed by atoms with E-state index in [1.54, 1.807) is 0 Å². The average Bonchev–Trinajstić information content (AvgIpc) is 3.72. The van der Waals surface area contributed by atoms with Crippen molar-refractivity contribution in [3.05, 3.63) is 221 Å². The van der Waals surface area contributed by atoms with E-state index in [2.05, 4.69) is 215 Å². The molecule has 0 unspecified atom stereocenters. The van der Waals surface area contributed by atoms with E-state index < -0.39 is 5.41 Å². The third-order valence-electron chi connectivity index (χ3n) is 11.5. The molecule has 0 amide bonds.